The molecule has 100 valence electrons. The maximum absolute atomic E-state index is 9.31. The molecule has 1 unspecified atom stereocenters. The molecule has 0 saturated carbocycles. The average molecular weight is 260 g/mol. The van der Waals surface area contributed by atoms with E-state index >= 15 is 0 Å². The van der Waals surface area contributed by atoms with E-state index in [9.17, 15) is 5.11 Å². The lowest BCUT2D eigenvalue weighted by Gasteiger charge is -2.13. The molecule has 7 heteroatoms. The second-order valence-electron chi connectivity index (χ2n) is 4.58. The molecule has 0 aliphatic carbocycles. The molecule has 19 heavy (non-hydrogen) atoms. The molecule has 0 aromatic heterocycles. The Labute approximate surface area is 111 Å². The minimum Gasteiger partial charge on any atom is -0.508 e. The zero-order chi connectivity index (χ0) is 14.0. The predicted molar refractivity (Wildman–Crippen MR) is 74.5 cm³/mol. The molecule has 0 spiro atoms. The van der Waals surface area contributed by atoms with Gasteiger partial charge in [0, 0.05) is 12.6 Å². The highest BCUT2D eigenvalue weighted by Gasteiger charge is 2.26. The summed E-state index contributed by atoms with van der Waals surface area (Å²) >= 11 is 0. The average Bonchev–Trinajstić information content (AvgIpc) is 2.64. The van der Waals surface area contributed by atoms with E-state index in [0.717, 1.165) is 0 Å². The molecule has 0 saturated heterocycles. The molecule has 1 aliphatic rings. The number of likely N-dealkylation sites (N-methyl/N-ethyl adjacent to an activating group) is 1. The van der Waals surface area contributed by atoms with Crippen LogP contribution < -0.4 is 5.73 Å². The Balaban J connectivity index is 2.32. The molecule has 1 heterocycles. The maximum Gasteiger partial charge on any atom is 0.190 e. The van der Waals surface area contributed by atoms with Gasteiger partial charge in [0.1, 0.15) is 17.5 Å². The van der Waals surface area contributed by atoms with E-state index in [4.69, 9.17) is 11.1 Å². The number of nitrogens with one attached hydrogen (secondary N) is 1. The van der Waals surface area contributed by atoms with Gasteiger partial charge in [-0.2, -0.15) is 5.11 Å². The molecule has 0 radical (unpaired) electrons. The van der Waals surface area contributed by atoms with Gasteiger partial charge in [0.2, 0.25) is 0 Å². The second-order valence-corrected chi connectivity index (χ2v) is 4.58. The highest BCUT2D eigenvalue weighted by Crippen LogP contribution is 2.27. The number of nitrogens with zero attached hydrogens (tertiary/aromatic N) is 4. The van der Waals surface area contributed by atoms with Gasteiger partial charge in [0.25, 0.3) is 0 Å². The zero-order valence-electron chi connectivity index (χ0n) is 10.8. The molecule has 1 aromatic rings. The van der Waals surface area contributed by atoms with Crippen molar-refractivity contribution in [1.29, 1.82) is 5.41 Å². The zero-order valence-corrected chi connectivity index (χ0v) is 10.8. The number of hydrogen-bond acceptors (Lipinski definition) is 6. The first-order valence-corrected chi connectivity index (χ1v) is 5.79. The molecule has 1 atom stereocenters. The maximum atomic E-state index is 9.31. The van der Waals surface area contributed by atoms with E-state index in [1.807, 2.05) is 19.0 Å². The number of phenolic OH excluding ortho intramolecular Hbond substituents is 1. The standard InChI is InChI=1S/C12H16N6O/c1-18(2)6-10-11(12(14)17-16-10)15-9-4-3-7(19)5-8(9)13/h3-5,10,14,19H,6,13H2,1-2H3. The lowest BCUT2D eigenvalue weighted by Crippen LogP contribution is -2.31. The van der Waals surface area contributed by atoms with Crippen LogP contribution >= 0.6 is 0 Å². The third-order valence-electron chi connectivity index (χ3n) is 2.65. The van der Waals surface area contributed by atoms with Crippen LogP contribution in [0.3, 0.4) is 0 Å². The van der Waals surface area contributed by atoms with Crippen molar-refractivity contribution in [2.24, 2.45) is 15.2 Å². The summed E-state index contributed by atoms with van der Waals surface area (Å²) < 4.78 is 0. The van der Waals surface area contributed by atoms with E-state index in [1.54, 1.807) is 6.07 Å². The summed E-state index contributed by atoms with van der Waals surface area (Å²) in [6, 6.07) is 4.28. The van der Waals surface area contributed by atoms with Gasteiger partial charge in [0.15, 0.2) is 5.84 Å². The number of anilines is 1. The normalized spacial score (nSPS) is 20.7. The van der Waals surface area contributed by atoms with Gasteiger partial charge in [-0.3, -0.25) is 5.41 Å². The number of amidine groups is 1. The number of nitrogens with two attached hydrogens (primary N) is 1. The Morgan fingerprint density at radius 3 is 2.84 bits per heavy atom. The highest BCUT2D eigenvalue weighted by molar-refractivity contribution is 6.44. The van der Waals surface area contributed by atoms with Crippen molar-refractivity contribution in [2.45, 2.75) is 6.04 Å². The summed E-state index contributed by atoms with van der Waals surface area (Å²) in [5, 5.41) is 24.8. The molecular formula is C12H16N6O. The molecule has 1 aromatic carbocycles. The summed E-state index contributed by atoms with van der Waals surface area (Å²) in [7, 11) is 3.84. The summed E-state index contributed by atoms with van der Waals surface area (Å²) in [5.74, 6) is 0.140. The molecule has 4 N–H and O–H groups in total. The third kappa shape index (κ3) is 2.94. The number of benzene rings is 1. The number of nitrogen functional groups attached to an aromatic ring is 1. The highest BCUT2D eigenvalue weighted by atomic mass is 16.3. The lowest BCUT2D eigenvalue weighted by atomic mass is 10.1. The summed E-state index contributed by atoms with van der Waals surface area (Å²) in [6.07, 6.45) is 0. The van der Waals surface area contributed by atoms with Crippen molar-refractivity contribution < 1.29 is 5.11 Å². The number of phenols is 1. The minimum absolute atomic E-state index is 0.0549. The predicted octanol–water partition coefficient (Wildman–Crippen LogP) is 1.42. The SMILES string of the molecule is CN(C)CC1N=NC(=N)C1=Nc1ccc(O)cc1N. The third-order valence-corrected chi connectivity index (χ3v) is 2.65. The van der Waals surface area contributed by atoms with Crippen LogP contribution in [0.15, 0.2) is 33.4 Å². The first kappa shape index (κ1) is 13.2. The van der Waals surface area contributed by atoms with Gasteiger partial charge >= 0.3 is 0 Å². The molecule has 7 nitrogen and oxygen atoms in total. The van der Waals surface area contributed by atoms with E-state index in [2.05, 4.69) is 15.2 Å². The van der Waals surface area contributed by atoms with Gasteiger partial charge in [-0.05, 0) is 26.2 Å². The Hall–Kier alpha value is -2.28. The fourth-order valence-corrected chi connectivity index (χ4v) is 1.76. The minimum atomic E-state index is -0.254. The van der Waals surface area contributed by atoms with Crippen molar-refractivity contribution in [1.82, 2.24) is 4.90 Å². The molecule has 0 bridgehead atoms. The van der Waals surface area contributed by atoms with E-state index in [0.29, 0.717) is 23.6 Å². The van der Waals surface area contributed by atoms with Gasteiger partial charge in [0.05, 0.1) is 11.4 Å². The van der Waals surface area contributed by atoms with Crippen LogP contribution in [0.2, 0.25) is 0 Å². The number of aliphatic imine (C=N–C) groups is 1. The van der Waals surface area contributed by atoms with E-state index in [-0.39, 0.29) is 17.6 Å². The first-order valence-electron chi connectivity index (χ1n) is 5.79. The van der Waals surface area contributed by atoms with Gasteiger partial charge in [-0.25, -0.2) is 4.99 Å². The van der Waals surface area contributed by atoms with Crippen molar-refractivity contribution in [3.63, 3.8) is 0 Å². The molecule has 0 amide bonds. The number of aromatic hydroxyl groups is 1. The van der Waals surface area contributed by atoms with Crippen LogP contribution in [0.25, 0.3) is 0 Å². The van der Waals surface area contributed by atoms with Crippen molar-refractivity contribution in [2.75, 3.05) is 26.4 Å². The van der Waals surface area contributed by atoms with Crippen LogP contribution in [0.1, 0.15) is 0 Å². The molecule has 1 aliphatic heterocycles. The number of hydrogen-bond donors (Lipinski definition) is 3. The Morgan fingerprint density at radius 1 is 1.47 bits per heavy atom. The van der Waals surface area contributed by atoms with Crippen LogP contribution in [-0.4, -0.2) is 48.2 Å². The van der Waals surface area contributed by atoms with Gasteiger partial charge in [-0.15, -0.1) is 5.11 Å². The molecular weight excluding hydrogens is 244 g/mol. The van der Waals surface area contributed by atoms with Crippen LogP contribution in [-0.2, 0) is 0 Å². The Morgan fingerprint density at radius 2 is 2.21 bits per heavy atom. The Bertz CT molecular complexity index is 563. The first-order chi connectivity index (χ1) is 8.97. The van der Waals surface area contributed by atoms with E-state index in [1.165, 1.54) is 12.1 Å². The van der Waals surface area contributed by atoms with Crippen LogP contribution in [0.4, 0.5) is 11.4 Å². The van der Waals surface area contributed by atoms with Crippen molar-refractivity contribution >= 4 is 22.9 Å². The smallest absolute Gasteiger partial charge is 0.190 e. The Kier molecular flexibility index (Phi) is 3.57. The largest absolute Gasteiger partial charge is 0.508 e. The fraction of sp³-hybridized carbons (Fsp3) is 0.333. The second kappa shape index (κ2) is 5.15. The lowest BCUT2D eigenvalue weighted by molar-refractivity contribution is 0.402. The summed E-state index contributed by atoms with van der Waals surface area (Å²) in [6.45, 7) is 0.628. The molecule has 0 fully saturated rings. The number of rotatable bonds is 3. The number of azo groups is 1. The topological polar surface area (TPSA) is 110 Å². The fourth-order valence-electron chi connectivity index (χ4n) is 1.76. The van der Waals surface area contributed by atoms with E-state index < -0.39 is 0 Å². The monoisotopic (exact) mass is 260 g/mol. The van der Waals surface area contributed by atoms with Crippen molar-refractivity contribution in [3.05, 3.63) is 18.2 Å². The summed E-state index contributed by atoms with van der Waals surface area (Å²) in [4.78, 5) is 6.31. The van der Waals surface area contributed by atoms with Gasteiger partial charge in [-0.1, -0.05) is 0 Å². The van der Waals surface area contributed by atoms with Crippen molar-refractivity contribution in [3.8, 4) is 5.75 Å². The van der Waals surface area contributed by atoms with Crippen LogP contribution in [0, 0.1) is 5.41 Å². The summed E-state index contributed by atoms with van der Waals surface area (Å²) in [5.41, 5.74) is 7.14. The van der Waals surface area contributed by atoms with Crippen LogP contribution in [0.5, 0.6) is 5.75 Å². The van der Waals surface area contributed by atoms with Gasteiger partial charge < -0.3 is 15.7 Å². The quantitative estimate of drug-likeness (QED) is 0.714. The molecule has 2 rings (SSSR count).